The summed E-state index contributed by atoms with van der Waals surface area (Å²) < 4.78 is 0. The van der Waals surface area contributed by atoms with Gasteiger partial charge in [-0.1, -0.05) is 6.58 Å². The highest BCUT2D eigenvalue weighted by molar-refractivity contribution is 5.92. The highest BCUT2D eigenvalue weighted by Crippen LogP contribution is 2.36. The van der Waals surface area contributed by atoms with Crippen LogP contribution in [0.1, 0.15) is 31.2 Å². The van der Waals surface area contributed by atoms with Gasteiger partial charge in [-0.2, -0.15) is 0 Å². The maximum Gasteiger partial charge on any atom is 0.246 e. The first-order valence-electron chi connectivity index (χ1n) is 8.87. The van der Waals surface area contributed by atoms with E-state index in [1.54, 1.807) is 0 Å². The molecule has 2 fully saturated rings. The molecular formula is C19H24N4O. The van der Waals surface area contributed by atoms with Gasteiger partial charge in [0.05, 0.1) is 0 Å². The number of nitrogens with zero attached hydrogens (tertiary/aromatic N) is 2. The summed E-state index contributed by atoms with van der Waals surface area (Å²) in [4.78, 5) is 21.5. The summed E-state index contributed by atoms with van der Waals surface area (Å²) in [5.74, 6) is 0.866. The van der Waals surface area contributed by atoms with Crippen molar-refractivity contribution in [1.29, 1.82) is 0 Å². The second-order valence-corrected chi connectivity index (χ2v) is 7.02. The number of likely N-dealkylation sites (tertiary alicyclic amines) is 1. The molecular weight excluding hydrogens is 300 g/mol. The number of hydrogen-bond acceptors (Lipinski definition) is 3. The summed E-state index contributed by atoms with van der Waals surface area (Å²) in [6.45, 7) is 5.16. The first-order chi connectivity index (χ1) is 11.7. The summed E-state index contributed by atoms with van der Waals surface area (Å²) in [5, 5.41) is 4.88. The molecule has 1 aliphatic heterocycles. The average molecular weight is 324 g/mol. The molecule has 1 saturated carbocycles. The molecule has 3 heterocycles. The Morgan fingerprint density at radius 2 is 2.33 bits per heavy atom. The lowest BCUT2D eigenvalue weighted by atomic mass is 10.0. The SMILES string of the molecule is C=CC(=O)N1CCCC(Nc2ccnc3[nH]cc(CC4CC4)c23)C1. The number of H-pyrrole nitrogens is 1. The Kier molecular flexibility index (Phi) is 4.00. The number of carbonyl (C=O) groups is 1. The lowest BCUT2D eigenvalue weighted by molar-refractivity contribution is -0.127. The first kappa shape index (κ1) is 15.2. The number of pyridine rings is 1. The van der Waals surface area contributed by atoms with Gasteiger partial charge in [-0.05, 0) is 55.7 Å². The van der Waals surface area contributed by atoms with Crippen molar-refractivity contribution < 1.29 is 4.79 Å². The Balaban J connectivity index is 1.56. The van der Waals surface area contributed by atoms with Gasteiger partial charge in [0.15, 0.2) is 0 Å². The van der Waals surface area contributed by atoms with Crippen molar-refractivity contribution in [1.82, 2.24) is 14.9 Å². The van der Waals surface area contributed by atoms with Crippen LogP contribution in [0, 0.1) is 5.92 Å². The number of hydrogen-bond donors (Lipinski definition) is 2. The van der Waals surface area contributed by atoms with Gasteiger partial charge >= 0.3 is 0 Å². The van der Waals surface area contributed by atoms with Gasteiger partial charge in [0.25, 0.3) is 0 Å². The zero-order chi connectivity index (χ0) is 16.5. The molecule has 1 aliphatic carbocycles. The maximum atomic E-state index is 11.9. The molecule has 24 heavy (non-hydrogen) atoms. The molecule has 5 heteroatoms. The van der Waals surface area contributed by atoms with Gasteiger partial charge in [-0.15, -0.1) is 0 Å². The number of anilines is 1. The van der Waals surface area contributed by atoms with Crippen LogP contribution in [-0.2, 0) is 11.2 Å². The molecule has 1 amide bonds. The molecule has 5 nitrogen and oxygen atoms in total. The van der Waals surface area contributed by atoms with Crippen LogP contribution in [-0.4, -0.2) is 39.9 Å². The van der Waals surface area contributed by atoms with Crippen molar-refractivity contribution in [3.8, 4) is 0 Å². The van der Waals surface area contributed by atoms with Crippen LogP contribution in [0.2, 0.25) is 0 Å². The molecule has 2 aromatic rings. The minimum absolute atomic E-state index is 0.0254. The van der Waals surface area contributed by atoms with E-state index in [1.807, 2.05) is 11.1 Å². The summed E-state index contributed by atoms with van der Waals surface area (Å²) in [5.41, 5.74) is 3.44. The normalized spacial score (nSPS) is 21.0. The highest BCUT2D eigenvalue weighted by atomic mass is 16.2. The molecule has 2 N–H and O–H groups in total. The molecule has 0 radical (unpaired) electrons. The van der Waals surface area contributed by atoms with Gasteiger partial charge in [-0.25, -0.2) is 4.98 Å². The number of aromatic amines is 1. The summed E-state index contributed by atoms with van der Waals surface area (Å²) >= 11 is 0. The minimum atomic E-state index is 0.0254. The lowest BCUT2D eigenvalue weighted by Crippen LogP contribution is -2.44. The van der Waals surface area contributed by atoms with Gasteiger partial charge in [0, 0.05) is 42.6 Å². The number of fused-ring (bicyclic) bond motifs is 1. The quantitative estimate of drug-likeness (QED) is 0.831. The van der Waals surface area contributed by atoms with Crippen molar-refractivity contribution in [2.45, 2.75) is 38.1 Å². The van der Waals surface area contributed by atoms with Gasteiger partial charge < -0.3 is 15.2 Å². The van der Waals surface area contributed by atoms with E-state index in [4.69, 9.17) is 0 Å². The van der Waals surface area contributed by atoms with Crippen molar-refractivity contribution in [2.24, 2.45) is 5.92 Å². The molecule has 2 aromatic heterocycles. The van der Waals surface area contributed by atoms with Crippen LogP contribution in [0.25, 0.3) is 11.0 Å². The third-order valence-electron chi connectivity index (χ3n) is 5.13. The number of carbonyl (C=O) groups excluding carboxylic acids is 1. The molecule has 0 bridgehead atoms. The highest BCUT2D eigenvalue weighted by Gasteiger charge is 2.25. The van der Waals surface area contributed by atoms with E-state index in [-0.39, 0.29) is 11.9 Å². The van der Waals surface area contributed by atoms with E-state index in [1.165, 1.54) is 29.9 Å². The maximum absolute atomic E-state index is 11.9. The predicted octanol–water partition coefficient (Wildman–Crippen LogP) is 3.10. The van der Waals surface area contributed by atoms with Crippen LogP contribution in [0.5, 0.6) is 0 Å². The summed E-state index contributed by atoms with van der Waals surface area (Å²) in [6.07, 6.45) is 11.3. The van der Waals surface area contributed by atoms with Crippen LogP contribution in [0.15, 0.2) is 31.1 Å². The fraction of sp³-hybridized carbons (Fsp3) is 0.474. The molecule has 2 aliphatic rings. The van der Waals surface area contributed by atoms with Crippen LogP contribution >= 0.6 is 0 Å². The van der Waals surface area contributed by atoms with Crippen LogP contribution in [0.4, 0.5) is 5.69 Å². The Hall–Kier alpha value is -2.30. The molecule has 0 aromatic carbocycles. The predicted molar refractivity (Wildman–Crippen MR) is 95.9 cm³/mol. The number of nitrogens with one attached hydrogen (secondary N) is 2. The standard InChI is InChI=1S/C19H24N4O/c1-2-17(24)23-9-3-4-15(12-23)22-16-7-8-20-19-18(16)14(11-21-19)10-13-5-6-13/h2,7-8,11,13,15H,1,3-6,9-10,12H2,(H2,20,21,22). The van der Waals surface area contributed by atoms with Crippen molar-refractivity contribution in [2.75, 3.05) is 18.4 Å². The van der Waals surface area contributed by atoms with Crippen molar-refractivity contribution >= 4 is 22.6 Å². The number of aromatic nitrogens is 2. The van der Waals surface area contributed by atoms with Crippen molar-refractivity contribution in [3.63, 3.8) is 0 Å². The van der Waals surface area contributed by atoms with E-state index < -0.39 is 0 Å². The Morgan fingerprint density at radius 1 is 1.46 bits per heavy atom. The Labute approximate surface area is 142 Å². The zero-order valence-corrected chi connectivity index (χ0v) is 13.9. The monoisotopic (exact) mass is 324 g/mol. The molecule has 1 saturated heterocycles. The largest absolute Gasteiger partial charge is 0.380 e. The lowest BCUT2D eigenvalue weighted by Gasteiger charge is -2.33. The summed E-state index contributed by atoms with van der Waals surface area (Å²) in [7, 11) is 0. The topological polar surface area (TPSA) is 61.0 Å². The van der Waals surface area contributed by atoms with Crippen LogP contribution in [0.3, 0.4) is 0 Å². The second-order valence-electron chi connectivity index (χ2n) is 7.02. The van der Waals surface area contributed by atoms with Gasteiger partial charge in [-0.3, -0.25) is 4.79 Å². The number of rotatable bonds is 5. The summed E-state index contributed by atoms with van der Waals surface area (Å²) in [6, 6.07) is 2.33. The van der Waals surface area contributed by atoms with Gasteiger partial charge in [0.2, 0.25) is 5.91 Å². The second kappa shape index (κ2) is 6.30. The molecule has 126 valence electrons. The van der Waals surface area contributed by atoms with E-state index in [0.717, 1.165) is 49.6 Å². The number of piperidine rings is 1. The molecule has 1 unspecified atom stereocenters. The van der Waals surface area contributed by atoms with Gasteiger partial charge in [0.1, 0.15) is 5.65 Å². The zero-order valence-electron chi connectivity index (χ0n) is 13.9. The fourth-order valence-corrected chi connectivity index (χ4v) is 3.68. The smallest absolute Gasteiger partial charge is 0.246 e. The van der Waals surface area contributed by atoms with Crippen molar-refractivity contribution in [3.05, 3.63) is 36.7 Å². The Bertz CT molecular complexity index is 762. The minimum Gasteiger partial charge on any atom is -0.380 e. The molecule has 0 spiro atoms. The van der Waals surface area contributed by atoms with E-state index in [2.05, 4.69) is 34.1 Å². The Morgan fingerprint density at radius 3 is 3.12 bits per heavy atom. The third kappa shape index (κ3) is 3.03. The fourth-order valence-electron chi connectivity index (χ4n) is 3.68. The first-order valence-corrected chi connectivity index (χ1v) is 8.87. The molecule has 4 rings (SSSR count). The van der Waals surface area contributed by atoms with E-state index in [9.17, 15) is 4.79 Å². The molecule has 1 atom stereocenters. The third-order valence-corrected chi connectivity index (χ3v) is 5.13. The van der Waals surface area contributed by atoms with Crippen LogP contribution < -0.4 is 5.32 Å². The number of amides is 1. The van der Waals surface area contributed by atoms with E-state index >= 15 is 0 Å². The average Bonchev–Trinajstić information content (AvgIpc) is 3.33. The van der Waals surface area contributed by atoms with E-state index in [0.29, 0.717) is 0 Å².